The highest BCUT2D eigenvalue weighted by Gasteiger charge is 2.52. The summed E-state index contributed by atoms with van der Waals surface area (Å²) >= 11 is 0. The molecule has 6 rings (SSSR count). The van der Waals surface area contributed by atoms with Gasteiger partial charge in [-0.1, -0.05) is 36.4 Å². The van der Waals surface area contributed by atoms with Crippen LogP contribution in [-0.4, -0.2) is 38.2 Å². The molecule has 0 amide bonds. The lowest BCUT2D eigenvalue weighted by Gasteiger charge is -2.57. The maximum absolute atomic E-state index is 11.1. The van der Waals surface area contributed by atoms with Crippen molar-refractivity contribution in [2.75, 3.05) is 27.1 Å². The zero-order chi connectivity index (χ0) is 23.5. The average molecular weight is 463 g/mol. The fraction of sp³-hybridized carbons (Fsp3) is 0.483. The van der Waals surface area contributed by atoms with Crippen LogP contribution in [0.5, 0.6) is 5.75 Å². The molecule has 0 aliphatic heterocycles. The van der Waals surface area contributed by atoms with Gasteiger partial charge in [-0.15, -0.1) is 0 Å². The number of aromatic carboxylic acids is 1. The van der Waals surface area contributed by atoms with Crippen LogP contribution in [0.3, 0.4) is 0 Å². The maximum Gasteiger partial charge on any atom is 0.335 e. The van der Waals surface area contributed by atoms with Gasteiger partial charge in [0.1, 0.15) is 5.75 Å². The first-order chi connectivity index (χ1) is 16.5. The minimum absolute atomic E-state index is 0.215. The highest BCUT2D eigenvalue weighted by molar-refractivity contribution is 5.88. The molecular formula is C29H34O5. The molecule has 4 aliphatic carbocycles. The third-order valence-corrected chi connectivity index (χ3v) is 7.97. The summed E-state index contributed by atoms with van der Waals surface area (Å²) in [5.41, 5.74) is 3.90. The molecule has 0 saturated heterocycles. The maximum atomic E-state index is 11.1. The Kier molecular flexibility index (Phi) is 6.75. The van der Waals surface area contributed by atoms with E-state index in [4.69, 9.17) is 19.3 Å². The second-order valence-electron chi connectivity index (χ2n) is 10.4. The third kappa shape index (κ3) is 4.91. The predicted molar refractivity (Wildman–Crippen MR) is 132 cm³/mol. The Labute approximate surface area is 201 Å². The van der Waals surface area contributed by atoms with E-state index in [1.54, 1.807) is 19.2 Å². The van der Waals surface area contributed by atoms with Gasteiger partial charge in [0, 0.05) is 12.7 Å². The van der Waals surface area contributed by atoms with Gasteiger partial charge in [0.2, 0.25) is 0 Å². The lowest BCUT2D eigenvalue weighted by Crippen LogP contribution is -2.48. The molecule has 0 radical (unpaired) electrons. The Morgan fingerprint density at radius 2 is 1.56 bits per heavy atom. The minimum Gasteiger partial charge on any atom is -0.478 e. The van der Waals surface area contributed by atoms with Gasteiger partial charge in [-0.2, -0.15) is 0 Å². The normalized spacial score (nSPS) is 27.4. The van der Waals surface area contributed by atoms with Crippen molar-refractivity contribution >= 4 is 18.1 Å². The molecule has 4 aliphatic rings. The SMILES string of the molecule is COCCOCOc1cc(/C=C/c2ccc(C(=O)O)cc2)ccc1C12CC3CC(CC(C3)C1)C2. The van der Waals surface area contributed by atoms with E-state index in [0.717, 1.165) is 34.6 Å². The number of carboxylic acids is 1. The number of rotatable bonds is 10. The summed E-state index contributed by atoms with van der Waals surface area (Å²) in [4.78, 5) is 11.1. The van der Waals surface area contributed by atoms with Crippen LogP contribution in [0.1, 0.15) is 65.6 Å². The van der Waals surface area contributed by atoms with Gasteiger partial charge in [-0.05, 0) is 91.0 Å². The summed E-state index contributed by atoms with van der Waals surface area (Å²) in [5.74, 6) is 2.62. The third-order valence-electron chi connectivity index (χ3n) is 7.97. The number of hydrogen-bond donors (Lipinski definition) is 1. The van der Waals surface area contributed by atoms with Crippen LogP contribution in [0.4, 0.5) is 0 Å². The summed E-state index contributed by atoms with van der Waals surface area (Å²) in [6.07, 6.45) is 12.1. The topological polar surface area (TPSA) is 65.0 Å². The molecule has 4 fully saturated rings. The summed E-state index contributed by atoms with van der Waals surface area (Å²) in [6.45, 7) is 1.27. The van der Waals surface area contributed by atoms with Crippen molar-refractivity contribution in [1.82, 2.24) is 0 Å². The first kappa shape index (κ1) is 23.1. The molecule has 0 aromatic heterocycles. The van der Waals surface area contributed by atoms with Crippen LogP contribution in [0, 0.1) is 17.8 Å². The number of benzene rings is 2. The largest absolute Gasteiger partial charge is 0.478 e. The predicted octanol–water partition coefficient (Wildman–Crippen LogP) is 6.02. The fourth-order valence-corrected chi connectivity index (χ4v) is 6.88. The van der Waals surface area contributed by atoms with Crippen molar-refractivity contribution in [3.63, 3.8) is 0 Å². The Bertz CT molecular complexity index is 1000. The molecule has 4 saturated carbocycles. The Balaban J connectivity index is 1.38. The van der Waals surface area contributed by atoms with E-state index in [9.17, 15) is 4.79 Å². The first-order valence-corrected chi connectivity index (χ1v) is 12.4. The van der Waals surface area contributed by atoms with Gasteiger partial charge < -0.3 is 19.3 Å². The highest BCUT2D eigenvalue weighted by Crippen LogP contribution is 2.61. The van der Waals surface area contributed by atoms with Crippen molar-refractivity contribution in [2.45, 2.75) is 43.9 Å². The standard InChI is InChI=1S/C29H34O5/c1-32-10-11-33-19-34-27-15-21(3-2-20-4-7-25(8-5-20)28(30)31)6-9-26(27)29-16-22-12-23(17-29)14-24(13-22)18-29/h2-9,15,22-24H,10-14,16-19H2,1H3,(H,30,31)/b3-2+. The van der Waals surface area contributed by atoms with Crippen molar-refractivity contribution in [3.05, 3.63) is 64.7 Å². The Hall–Kier alpha value is -2.63. The number of hydrogen-bond acceptors (Lipinski definition) is 4. The highest BCUT2D eigenvalue weighted by atomic mass is 16.7. The minimum atomic E-state index is -0.912. The van der Waals surface area contributed by atoms with Gasteiger partial charge >= 0.3 is 5.97 Å². The van der Waals surface area contributed by atoms with E-state index in [0.29, 0.717) is 18.8 Å². The quantitative estimate of drug-likeness (QED) is 0.266. The summed E-state index contributed by atoms with van der Waals surface area (Å²) in [5, 5.41) is 9.10. The van der Waals surface area contributed by atoms with Gasteiger partial charge in [0.15, 0.2) is 6.79 Å². The molecule has 0 spiro atoms. The molecule has 5 heteroatoms. The van der Waals surface area contributed by atoms with Crippen LogP contribution < -0.4 is 4.74 Å². The van der Waals surface area contributed by atoms with E-state index in [2.05, 4.69) is 24.3 Å². The average Bonchev–Trinajstić information content (AvgIpc) is 2.82. The first-order valence-electron chi connectivity index (χ1n) is 12.4. The summed E-state index contributed by atoms with van der Waals surface area (Å²) < 4.78 is 16.9. The Morgan fingerprint density at radius 1 is 0.941 bits per heavy atom. The van der Waals surface area contributed by atoms with Crippen LogP contribution >= 0.6 is 0 Å². The van der Waals surface area contributed by atoms with Crippen LogP contribution in [0.25, 0.3) is 12.2 Å². The van der Waals surface area contributed by atoms with Crippen LogP contribution in [0.15, 0.2) is 42.5 Å². The van der Waals surface area contributed by atoms with Gasteiger partial charge in [-0.3, -0.25) is 0 Å². The molecule has 2 aromatic rings. The lowest BCUT2D eigenvalue weighted by atomic mass is 9.48. The molecular weight excluding hydrogens is 428 g/mol. The van der Waals surface area contributed by atoms with Crippen molar-refractivity contribution in [2.24, 2.45) is 17.8 Å². The smallest absolute Gasteiger partial charge is 0.335 e. The van der Waals surface area contributed by atoms with Crippen molar-refractivity contribution in [3.8, 4) is 5.75 Å². The molecule has 180 valence electrons. The molecule has 5 nitrogen and oxygen atoms in total. The van der Waals surface area contributed by atoms with Crippen molar-refractivity contribution in [1.29, 1.82) is 0 Å². The van der Waals surface area contributed by atoms with Crippen LogP contribution in [0.2, 0.25) is 0 Å². The molecule has 0 atom stereocenters. The zero-order valence-electron chi connectivity index (χ0n) is 19.9. The second kappa shape index (κ2) is 9.93. The fourth-order valence-electron chi connectivity index (χ4n) is 6.88. The van der Waals surface area contributed by atoms with E-state index in [1.165, 1.54) is 44.1 Å². The van der Waals surface area contributed by atoms with E-state index >= 15 is 0 Å². The van der Waals surface area contributed by atoms with Crippen molar-refractivity contribution < 1.29 is 24.1 Å². The number of methoxy groups -OCH3 is 1. The van der Waals surface area contributed by atoms with Gasteiger partial charge in [0.25, 0.3) is 0 Å². The van der Waals surface area contributed by atoms with E-state index < -0.39 is 5.97 Å². The zero-order valence-corrected chi connectivity index (χ0v) is 19.9. The molecule has 1 N–H and O–H groups in total. The van der Waals surface area contributed by atoms with Crippen LogP contribution in [-0.2, 0) is 14.9 Å². The van der Waals surface area contributed by atoms with Gasteiger partial charge in [0.05, 0.1) is 18.8 Å². The number of ether oxygens (including phenoxy) is 3. The molecule has 0 heterocycles. The monoisotopic (exact) mass is 462 g/mol. The van der Waals surface area contributed by atoms with E-state index in [-0.39, 0.29) is 12.2 Å². The second-order valence-corrected chi connectivity index (χ2v) is 10.4. The number of carboxylic acid groups (broad SMARTS) is 1. The molecule has 0 unspecified atom stereocenters. The summed E-state index contributed by atoms with van der Waals surface area (Å²) in [7, 11) is 1.67. The molecule has 4 bridgehead atoms. The lowest BCUT2D eigenvalue weighted by molar-refractivity contribution is -0.0189. The molecule has 34 heavy (non-hydrogen) atoms. The summed E-state index contributed by atoms with van der Waals surface area (Å²) in [6, 6.07) is 13.5. The van der Waals surface area contributed by atoms with Gasteiger partial charge in [-0.25, -0.2) is 4.79 Å². The number of carbonyl (C=O) groups is 1. The Morgan fingerprint density at radius 3 is 2.18 bits per heavy atom. The molecule has 2 aromatic carbocycles. The van der Waals surface area contributed by atoms with E-state index in [1.807, 2.05) is 18.2 Å².